The SMILES string of the molecule is CCCNC(c1ccccc1)c1ccc2nccnc2c1. The van der Waals surface area contributed by atoms with E-state index in [-0.39, 0.29) is 6.04 Å². The van der Waals surface area contributed by atoms with E-state index in [0.29, 0.717) is 0 Å². The van der Waals surface area contributed by atoms with Crippen molar-refractivity contribution in [3.8, 4) is 0 Å². The van der Waals surface area contributed by atoms with Gasteiger partial charge in [-0.2, -0.15) is 0 Å². The lowest BCUT2D eigenvalue weighted by Crippen LogP contribution is -2.23. The Balaban J connectivity index is 2.01. The molecule has 1 N–H and O–H groups in total. The Hall–Kier alpha value is -2.26. The van der Waals surface area contributed by atoms with Gasteiger partial charge in [-0.25, -0.2) is 0 Å². The minimum absolute atomic E-state index is 0.192. The highest BCUT2D eigenvalue weighted by molar-refractivity contribution is 5.74. The molecule has 0 bridgehead atoms. The number of fused-ring (bicyclic) bond motifs is 1. The number of hydrogen-bond donors (Lipinski definition) is 1. The van der Waals surface area contributed by atoms with Gasteiger partial charge >= 0.3 is 0 Å². The summed E-state index contributed by atoms with van der Waals surface area (Å²) >= 11 is 0. The fourth-order valence-corrected chi connectivity index (χ4v) is 2.52. The first kappa shape index (κ1) is 13.7. The number of hydrogen-bond acceptors (Lipinski definition) is 3. The summed E-state index contributed by atoms with van der Waals surface area (Å²) in [6.45, 7) is 3.17. The molecule has 0 saturated carbocycles. The lowest BCUT2D eigenvalue weighted by molar-refractivity contribution is 0.599. The quantitative estimate of drug-likeness (QED) is 0.772. The number of nitrogens with zero attached hydrogens (tertiary/aromatic N) is 2. The Morgan fingerprint density at radius 3 is 2.43 bits per heavy atom. The highest BCUT2D eigenvalue weighted by Crippen LogP contribution is 2.24. The van der Waals surface area contributed by atoms with Gasteiger partial charge in [0.25, 0.3) is 0 Å². The van der Waals surface area contributed by atoms with Gasteiger partial charge in [-0.15, -0.1) is 0 Å². The van der Waals surface area contributed by atoms with E-state index in [1.54, 1.807) is 12.4 Å². The van der Waals surface area contributed by atoms with Crippen LogP contribution in [0.25, 0.3) is 11.0 Å². The van der Waals surface area contributed by atoms with Crippen LogP contribution >= 0.6 is 0 Å². The third-order valence-electron chi connectivity index (χ3n) is 3.56. The van der Waals surface area contributed by atoms with E-state index < -0.39 is 0 Å². The van der Waals surface area contributed by atoms with E-state index >= 15 is 0 Å². The second-order valence-corrected chi connectivity index (χ2v) is 5.10. The zero-order valence-electron chi connectivity index (χ0n) is 12.2. The molecule has 106 valence electrons. The van der Waals surface area contributed by atoms with Crippen LogP contribution in [0, 0.1) is 0 Å². The summed E-state index contributed by atoms with van der Waals surface area (Å²) in [6.07, 6.45) is 4.58. The molecule has 0 amide bonds. The van der Waals surface area contributed by atoms with Crippen molar-refractivity contribution < 1.29 is 0 Å². The molecule has 0 fully saturated rings. The van der Waals surface area contributed by atoms with Gasteiger partial charge in [-0.05, 0) is 36.2 Å². The first-order chi connectivity index (χ1) is 10.4. The Kier molecular flexibility index (Phi) is 4.22. The molecule has 0 saturated heterocycles. The third-order valence-corrected chi connectivity index (χ3v) is 3.56. The van der Waals surface area contributed by atoms with Crippen LogP contribution in [-0.4, -0.2) is 16.5 Å². The molecule has 1 unspecified atom stereocenters. The number of aromatic nitrogens is 2. The van der Waals surface area contributed by atoms with Crippen LogP contribution in [0.15, 0.2) is 60.9 Å². The van der Waals surface area contributed by atoms with Crippen LogP contribution in [0.1, 0.15) is 30.5 Å². The molecule has 0 spiro atoms. The lowest BCUT2D eigenvalue weighted by atomic mass is 9.98. The predicted molar refractivity (Wildman–Crippen MR) is 86.1 cm³/mol. The van der Waals surface area contributed by atoms with E-state index in [1.807, 2.05) is 12.1 Å². The van der Waals surface area contributed by atoms with Gasteiger partial charge < -0.3 is 5.32 Å². The van der Waals surface area contributed by atoms with Crippen molar-refractivity contribution >= 4 is 11.0 Å². The fraction of sp³-hybridized carbons (Fsp3) is 0.222. The molecule has 1 heterocycles. The Bertz CT molecular complexity index is 710. The number of nitrogens with one attached hydrogen (secondary N) is 1. The van der Waals surface area contributed by atoms with Crippen molar-refractivity contribution in [2.75, 3.05) is 6.54 Å². The molecule has 3 nitrogen and oxygen atoms in total. The molecule has 0 aliphatic rings. The maximum atomic E-state index is 4.41. The van der Waals surface area contributed by atoms with E-state index in [0.717, 1.165) is 24.0 Å². The van der Waals surface area contributed by atoms with Gasteiger partial charge in [0.1, 0.15) is 0 Å². The molecule has 3 heteroatoms. The molecule has 21 heavy (non-hydrogen) atoms. The normalized spacial score (nSPS) is 12.4. The monoisotopic (exact) mass is 277 g/mol. The fourth-order valence-electron chi connectivity index (χ4n) is 2.52. The molecular weight excluding hydrogens is 258 g/mol. The molecule has 1 atom stereocenters. The van der Waals surface area contributed by atoms with Crippen molar-refractivity contribution in [2.45, 2.75) is 19.4 Å². The van der Waals surface area contributed by atoms with Crippen LogP contribution in [0.2, 0.25) is 0 Å². The zero-order chi connectivity index (χ0) is 14.5. The molecule has 3 aromatic rings. The summed E-state index contributed by atoms with van der Waals surface area (Å²) in [6, 6.07) is 17.0. The van der Waals surface area contributed by atoms with Crippen LogP contribution < -0.4 is 5.32 Å². The number of rotatable bonds is 5. The van der Waals surface area contributed by atoms with Crippen LogP contribution in [0.5, 0.6) is 0 Å². The highest BCUT2D eigenvalue weighted by Gasteiger charge is 2.13. The van der Waals surface area contributed by atoms with Gasteiger partial charge in [-0.1, -0.05) is 43.3 Å². The second-order valence-electron chi connectivity index (χ2n) is 5.10. The molecule has 0 aliphatic heterocycles. The topological polar surface area (TPSA) is 37.8 Å². The summed E-state index contributed by atoms with van der Waals surface area (Å²) in [5, 5.41) is 3.62. The van der Waals surface area contributed by atoms with Crippen molar-refractivity contribution in [3.63, 3.8) is 0 Å². The van der Waals surface area contributed by atoms with Gasteiger partial charge in [0.05, 0.1) is 17.1 Å². The average Bonchev–Trinajstić information content (AvgIpc) is 2.56. The largest absolute Gasteiger partial charge is 0.306 e. The van der Waals surface area contributed by atoms with E-state index in [9.17, 15) is 0 Å². The van der Waals surface area contributed by atoms with Crippen LogP contribution in [0.3, 0.4) is 0 Å². The molecule has 1 aromatic heterocycles. The first-order valence-electron chi connectivity index (χ1n) is 7.37. The summed E-state index contributed by atoms with van der Waals surface area (Å²) in [4.78, 5) is 8.74. The van der Waals surface area contributed by atoms with Gasteiger partial charge in [0.2, 0.25) is 0 Å². The summed E-state index contributed by atoms with van der Waals surface area (Å²) in [7, 11) is 0. The van der Waals surface area contributed by atoms with Crippen molar-refractivity contribution in [1.29, 1.82) is 0 Å². The minimum atomic E-state index is 0.192. The Morgan fingerprint density at radius 2 is 1.67 bits per heavy atom. The van der Waals surface area contributed by atoms with Gasteiger partial charge in [-0.3, -0.25) is 9.97 Å². The van der Waals surface area contributed by atoms with Crippen molar-refractivity contribution in [3.05, 3.63) is 72.1 Å². The summed E-state index contributed by atoms with van der Waals surface area (Å²) in [5.41, 5.74) is 4.37. The van der Waals surface area contributed by atoms with Gasteiger partial charge in [0, 0.05) is 12.4 Å². The van der Waals surface area contributed by atoms with E-state index in [2.05, 4.69) is 58.6 Å². The maximum absolute atomic E-state index is 4.41. The first-order valence-corrected chi connectivity index (χ1v) is 7.37. The lowest BCUT2D eigenvalue weighted by Gasteiger charge is -2.19. The predicted octanol–water partition coefficient (Wildman–Crippen LogP) is 3.72. The number of benzene rings is 2. The third kappa shape index (κ3) is 3.09. The van der Waals surface area contributed by atoms with Crippen LogP contribution in [0.4, 0.5) is 0 Å². The Labute approximate surface area is 125 Å². The molecule has 2 aromatic carbocycles. The van der Waals surface area contributed by atoms with E-state index in [4.69, 9.17) is 0 Å². The van der Waals surface area contributed by atoms with Crippen LogP contribution in [-0.2, 0) is 0 Å². The summed E-state index contributed by atoms with van der Waals surface area (Å²) in [5.74, 6) is 0. The average molecular weight is 277 g/mol. The Morgan fingerprint density at radius 1 is 0.905 bits per heavy atom. The molecule has 3 rings (SSSR count). The second kappa shape index (κ2) is 6.46. The van der Waals surface area contributed by atoms with Crippen molar-refractivity contribution in [1.82, 2.24) is 15.3 Å². The molecule has 0 aliphatic carbocycles. The van der Waals surface area contributed by atoms with Gasteiger partial charge in [0.15, 0.2) is 0 Å². The maximum Gasteiger partial charge on any atom is 0.0890 e. The smallest absolute Gasteiger partial charge is 0.0890 e. The standard InChI is InChI=1S/C18H19N3/c1-2-10-21-18(14-6-4-3-5-7-14)15-8-9-16-17(13-15)20-12-11-19-16/h3-9,11-13,18,21H,2,10H2,1H3. The van der Waals surface area contributed by atoms with E-state index in [1.165, 1.54) is 11.1 Å². The molecule has 0 radical (unpaired) electrons. The highest BCUT2D eigenvalue weighted by atomic mass is 14.9. The van der Waals surface area contributed by atoms with Crippen molar-refractivity contribution in [2.24, 2.45) is 0 Å². The zero-order valence-corrected chi connectivity index (χ0v) is 12.2. The minimum Gasteiger partial charge on any atom is -0.306 e. The molecular formula is C18H19N3. The summed E-state index contributed by atoms with van der Waals surface area (Å²) < 4.78 is 0.